The molecule has 0 spiro atoms. The lowest BCUT2D eigenvalue weighted by Gasteiger charge is -2.36. The van der Waals surface area contributed by atoms with Crippen molar-refractivity contribution in [3.63, 3.8) is 0 Å². The van der Waals surface area contributed by atoms with Gasteiger partial charge in [-0.2, -0.15) is 0 Å². The summed E-state index contributed by atoms with van der Waals surface area (Å²) in [5, 5.41) is 15.3. The first-order chi connectivity index (χ1) is 19.2. The van der Waals surface area contributed by atoms with Crippen molar-refractivity contribution in [3.05, 3.63) is 0 Å². The molecule has 7 amide bonds. The van der Waals surface area contributed by atoms with Gasteiger partial charge in [0.2, 0.25) is 29.4 Å². The van der Waals surface area contributed by atoms with E-state index in [4.69, 9.17) is 0 Å². The standard InChI is InChI=1S/C27H43N7O7/c1-6-7-15-10-11-34(19(15)23(38)30-14(2)20(36)24(39)31-16-8-9-16)25(40)21(27(3,4)5)33-18(35)13-28-22(37)17-12-29-26(41)32-17/h14-17,19,21H,6-13H2,1-5H3,(H,28,37)(H,30,38)(H,31,39)(H,33,35)(H2,29,32,41)/t14?,15-,17?,19?,21?/m0/s1. The number of nitrogens with one attached hydrogen (secondary N) is 6. The highest BCUT2D eigenvalue weighted by Crippen LogP contribution is 2.32. The minimum atomic E-state index is -1.07. The predicted molar refractivity (Wildman–Crippen MR) is 147 cm³/mol. The molecule has 0 radical (unpaired) electrons. The van der Waals surface area contributed by atoms with Crippen LogP contribution in [0, 0.1) is 11.3 Å². The Morgan fingerprint density at radius 1 is 1.02 bits per heavy atom. The van der Waals surface area contributed by atoms with Crippen LogP contribution >= 0.6 is 0 Å². The summed E-state index contributed by atoms with van der Waals surface area (Å²) in [6, 6.07) is -4.22. The summed E-state index contributed by atoms with van der Waals surface area (Å²) in [6.07, 6.45) is 3.68. The van der Waals surface area contributed by atoms with E-state index in [9.17, 15) is 33.6 Å². The molecule has 3 fully saturated rings. The third kappa shape index (κ3) is 8.40. The van der Waals surface area contributed by atoms with Crippen LogP contribution in [0.4, 0.5) is 4.79 Å². The first-order valence-electron chi connectivity index (χ1n) is 14.3. The topological polar surface area (TPSA) is 195 Å². The Morgan fingerprint density at radius 2 is 1.71 bits per heavy atom. The first kappa shape index (κ1) is 31.8. The second-order valence-corrected chi connectivity index (χ2v) is 12.1. The molecule has 0 aromatic rings. The average molecular weight is 578 g/mol. The van der Waals surface area contributed by atoms with Crippen LogP contribution in [0.25, 0.3) is 0 Å². The summed E-state index contributed by atoms with van der Waals surface area (Å²) in [5.74, 6) is -3.75. The van der Waals surface area contributed by atoms with Gasteiger partial charge in [0.1, 0.15) is 18.1 Å². The van der Waals surface area contributed by atoms with Crippen molar-refractivity contribution in [1.82, 2.24) is 36.8 Å². The van der Waals surface area contributed by atoms with Gasteiger partial charge in [-0.15, -0.1) is 0 Å². The molecule has 3 aliphatic rings. The SMILES string of the molecule is CCC[C@H]1CCN(C(=O)C(NC(=O)CNC(=O)C2CNC(=O)N2)C(C)(C)C)C1C(=O)NC(C)C(=O)C(=O)NC1CC1. The predicted octanol–water partition coefficient (Wildman–Crippen LogP) is -1.32. The summed E-state index contributed by atoms with van der Waals surface area (Å²) in [6.45, 7) is 8.75. The quantitative estimate of drug-likeness (QED) is 0.155. The zero-order chi connectivity index (χ0) is 30.5. The number of hydrogen-bond donors (Lipinski definition) is 6. The van der Waals surface area contributed by atoms with Crippen molar-refractivity contribution in [2.24, 2.45) is 11.3 Å². The number of rotatable bonds is 12. The fraction of sp³-hybridized carbons (Fsp3) is 0.741. The van der Waals surface area contributed by atoms with Crippen molar-refractivity contribution in [2.75, 3.05) is 19.6 Å². The van der Waals surface area contributed by atoms with Gasteiger partial charge in [0.15, 0.2) is 0 Å². The number of amides is 7. The van der Waals surface area contributed by atoms with Gasteiger partial charge in [-0.25, -0.2) is 4.79 Å². The van der Waals surface area contributed by atoms with E-state index in [-0.39, 0.29) is 18.5 Å². The van der Waals surface area contributed by atoms with E-state index in [1.807, 2.05) is 6.92 Å². The Hall–Kier alpha value is -3.71. The molecule has 0 aromatic heterocycles. The summed E-state index contributed by atoms with van der Waals surface area (Å²) < 4.78 is 0. The van der Waals surface area contributed by atoms with Crippen LogP contribution in [-0.4, -0.2) is 96.1 Å². The molecule has 228 valence electrons. The van der Waals surface area contributed by atoms with Crippen LogP contribution in [0.2, 0.25) is 0 Å². The van der Waals surface area contributed by atoms with E-state index in [0.29, 0.717) is 19.4 Å². The van der Waals surface area contributed by atoms with E-state index in [1.54, 1.807) is 20.8 Å². The van der Waals surface area contributed by atoms with E-state index in [1.165, 1.54) is 11.8 Å². The molecule has 14 heteroatoms. The monoisotopic (exact) mass is 577 g/mol. The highest BCUT2D eigenvalue weighted by Gasteiger charge is 2.46. The second kappa shape index (κ2) is 13.3. The molecule has 2 saturated heterocycles. The number of ketones is 1. The van der Waals surface area contributed by atoms with E-state index >= 15 is 0 Å². The van der Waals surface area contributed by atoms with Gasteiger partial charge in [-0.1, -0.05) is 34.1 Å². The Bertz CT molecular complexity index is 1070. The van der Waals surface area contributed by atoms with Crippen LogP contribution in [0.3, 0.4) is 0 Å². The summed E-state index contributed by atoms with van der Waals surface area (Å²) in [5.41, 5.74) is -0.742. The van der Waals surface area contributed by atoms with Gasteiger partial charge in [-0.05, 0) is 43.9 Å². The molecule has 41 heavy (non-hydrogen) atoms. The minimum absolute atomic E-state index is 0.00433. The first-order valence-corrected chi connectivity index (χ1v) is 14.3. The maximum absolute atomic E-state index is 13.9. The number of Topliss-reactive ketones (excluding diaryl/α,β-unsaturated/α-hetero) is 1. The lowest BCUT2D eigenvalue weighted by atomic mass is 9.85. The van der Waals surface area contributed by atoms with Crippen LogP contribution in [-0.2, 0) is 28.8 Å². The summed E-state index contributed by atoms with van der Waals surface area (Å²) >= 11 is 0. The Morgan fingerprint density at radius 3 is 2.27 bits per heavy atom. The van der Waals surface area contributed by atoms with Crippen LogP contribution < -0.4 is 31.9 Å². The smallest absolute Gasteiger partial charge is 0.315 e. The van der Waals surface area contributed by atoms with E-state index in [2.05, 4.69) is 31.9 Å². The van der Waals surface area contributed by atoms with Crippen molar-refractivity contribution >= 4 is 41.4 Å². The van der Waals surface area contributed by atoms with Gasteiger partial charge in [0.25, 0.3) is 5.91 Å². The average Bonchev–Trinajstić information content (AvgIpc) is 3.44. The zero-order valence-electron chi connectivity index (χ0n) is 24.4. The molecular weight excluding hydrogens is 534 g/mol. The number of carbonyl (C=O) groups excluding carboxylic acids is 7. The fourth-order valence-electron chi connectivity index (χ4n) is 5.11. The third-order valence-corrected chi connectivity index (χ3v) is 7.55. The lowest BCUT2D eigenvalue weighted by molar-refractivity contribution is -0.145. The highest BCUT2D eigenvalue weighted by atomic mass is 16.2. The fourth-order valence-corrected chi connectivity index (χ4v) is 5.11. The molecule has 0 aromatic carbocycles. The Labute approximate surface area is 239 Å². The maximum Gasteiger partial charge on any atom is 0.315 e. The summed E-state index contributed by atoms with van der Waals surface area (Å²) in [7, 11) is 0. The van der Waals surface area contributed by atoms with Crippen LogP contribution in [0.1, 0.15) is 66.7 Å². The van der Waals surface area contributed by atoms with Crippen LogP contribution in [0.15, 0.2) is 0 Å². The van der Waals surface area contributed by atoms with Crippen molar-refractivity contribution in [1.29, 1.82) is 0 Å². The molecule has 0 bridgehead atoms. The summed E-state index contributed by atoms with van der Waals surface area (Å²) in [4.78, 5) is 89.9. The minimum Gasteiger partial charge on any atom is -0.347 e. The second-order valence-electron chi connectivity index (χ2n) is 12.1. The number of likely N-dealkylation sites (tertiary alicyclic amines) is 1. The van der Waals surface area contributed by atoms with Gasteiger partial charge >= 0.3 is 6.03 Å². The van der Waals surface area contributed by atoms with Crippen LogP contribution in [0.5, 0.6) is 0 Å². The molecule has 1 saturated carbocycles. The zero-order valence-corrected chi connectivity index (χ0v) is 24.4. The van der Waals surface area contributed by atoms with Gasteiger partial charge in [0, 0.05) is 19.1 Å². The Kier molecular flexibility index (Phi) is 10.3. The normalized spacial score (nSPS) is 23.5. The lowest BCUT2D eigenvalue weighted by Crippen LogP contribution is -2.60. The molecular formula is C27H43N7O7. The molecule has 14 nitrogen and oxygen atoms in total. The molecule has 3 rings (SSSR count). The molecule has 5 atom stereocenters. The number of carbonyl (C=O) groups is 7. The van der Waals surface area contributed by atoms with Crippen molar-refractivity contribution < 1.29 is 33.6 Å². The molecule has 2 aliphatic heterocycles. The molecule has 6 N–H and O–H groups in total. The molecule has 4 unspecified atom stereocenters. The molecule has 2 heterocycles. The van der Waals surface area contributed by atoms with E-state index in [0.717, 1.165) is 19.3 Å². The van der Waals surface area contributed by atoms with Gasteiger partial charge in [-0.3, -0.25) is 28.8 Å². The number of nitrogens with zero attached hydrogens (tertiary/aromatic N) is 1. The number of hydrogen-bond acceptors (Lipinski definition) is 7. The Balaban J connectivity index is 1.67. The van der Waals surface area contributed by atoms with Crippen molar-refractivity contribution in [3.8, 4) is 0 Å². The van der Waals surface area contributed by atoms with Gasteiger partial charge < -0.3 is 36.8 Å². The van der Waals surface area contributed by atoms with Crippen molar-refractivity contribution in [2.45, 2.75) is 96.9 Å². The van der Waals surface area contributed by atoms with Gasteiger partial charge in [0.05, 0.1) is 12.6 Å². The van der Waals surface area contributed by atoms with E-state index < -0.39 is 77.5 Å². The third-order valence-electron chi connectivity index (χ3n) is 7.55. The maximum atomic E-state index is 13.9. The molecule has 1 aliphatic carbocycles. The highest BCUT2D eigenvalue weighted by molar-refractivity contribution is 6.38. The largest absolute Gasteiger partial charge is 0.347 e. The number of urea groups is 1.